The molecule has 0 aliphatic heterocycles. The van der Waals surface area contributed by atoms with Gasteiger partial charge in [-0.15, -0.1) is 0 Å². The molecule has 18 heavy (non-hydrogen) atoms. The first-order chi connectivity index (χ1) is 8.43. The lowest BCUT2D eigenvalue weighted by Gasteiger charge is -2.23. The molecule has 0 amide bonds. The highest BCUT2D eigenvalue weighted by atomic mass is 35.5. The third kappa shape index (κ3) is 2.16. The van der Waals surface area contributed by atoms with Crippen molar-refractivity contribution >= 4 is 11.6 Å². The molecule has 0 aromatic carbocycles. The van der Waals surface area contributed by atoms with E-state index < -0.39 is 0 Å². The zero-order valence-corrected chi connectivity index (χ0v) is 12.2. The highest BCUT2D eigenvalue weighted by molar-refractivity contribution is 6.29. The van der Waals surface area contributed by atoms with Crippen LogP contribution in [0.3, 0.4) is 0 Å². The van der Waals surface area contributed by atoms with Crippen molar-refractivity contribution in [3.8, 4) is 0 Å². The van der Waals surface area contributed by atoms with Crippen LogP contribution in [-0.2, 0) is 5.41 Å². The molecule has 1 aromatic rings. The number of fused-ring (bicyclic) bond motifs is 2. The second-order valence-corrected chi connectivity index (χ2v) is 7.35. The summed E-state index contributed by atoms with van der Waals surface area (Å²) >= 11 is 6.19. The summed E-state index contributed by atoms with van der Waals surface area (Å²) in [6.45, 7) is 6.53. The van der Waals surface area contributed by atoms with E-state index in [-0.39, 0.29) is 5.41 Å². The maximum atomic E-state index is 6.19. The molecule has 2 aliphatic carbocycles. The van der Waals surface area contributed by atoms with Crippen LogP contribution >= 0.6 is 11.6 Å². The van der Waals surface area contributed by atoms with Gasteiger partial charge in [0.2, 0.25) is 0 Å². The molecule has 2 fully saturated rings. The molecule has 3 rings (SSSR count). The first kappa shape index (κ1) is 12.4. The van der Waals surface area contributed by atoms with Crippen LogP contribution in [0, 0.1) is 11.8 Å². The molecular formula is C15H21ClN2. The summed E-state index contributed by atoms with van der Waals surface area (Å²) in [7, 11) is 0. The van der Waals surface area contributed by atoms with E-state index in [0.29, 0.717) is 11.1 Å². The number of nitrogens with zero attached hydrogens (tertiary/aromatic N) is 2. The standard InChI is InChI=1S/C15H21ClN2/c1-15(2,3)12-8-13(16)18-14(17-12)11-7-9-4-5-10(11)6-9/h8-11H,4-7H2,1-3H3. The lowest BCUT2D eigenvalue weighted by Crippen LogP contribution is -2.18. The van der Waals surface area contributed by atoms with Gasteiger partial charge in [-0.25, -0.2) is 9.97 Å². The maximum Gasteiger partial charge on any atom is 0.133 e. The van der Waals surface area contributed by atoms with E-state index in [4.69, 9.17) is 16.6 Å². The van der Waals surface area contributed by atoms with Crippen LogP contribution in [0.2, 0.25) is 5.15 Å². The summed E-state index contributed by atoms with van der Waals surface area (Å²) in [6, 6.07) is 1.91. The third-order valence-electron chi connectivity index (χ3n) is 4.55. The zero-order valence-electron chi connectivity index (χ0n) is 11.4. The van der Waals surface area contributed by atoms with Gasteiger partial charge in [0.15, 0.2) is 0 Å². The molecule has 1 aromatic heterocycles. The molecule has 0 radical (unpaired) electrons. The molecule has 1 heterocycles. The number of hydrogen-bond donors (Lipinski definition) is 0. The van der Waals surface area contributed by atoms with E-state index >= 15 is 0 Å². The summed E-state index contributed by atoms with van der Waals surface area (Å²) in [5.74, 6) is 3.28. The summed E-state index contributed by atoms with van der Waals surface area (Å²) < 4.78 is 0. The van der Waals surface area contributed by atoms with Gasteiger partial charge in [-0.2, -0.15) is 0 Å². The minimum Gasteiger partial charge on any atom is -0.237 e. The molecule has 2 nitrogen and oxygen atoms in total. The summed E-state index contributed by atoms with van der Waals surface area (Å²) in [4.78, 5) is 9.31. The highest BCUT2D eigenvalue weighted by Gasteiger charge is 2.41. The van der Waals surface area contributed by atoms with Gasteiger partial charge in [0.05, 0.1) is 5.69 Å². The summed E-state index contributed by atoms with van der Waals surface area (Å²) in [5, 5.41) is 0.604. The molecule has 98 valence electrons. The predicted molar refractivity (Wildman–Crippen MR) is 73.9 cm³/mol. The van der Waals surface area contributed by atoms with Gasteiger partial charge in [-0.05, 0) is 37.2 Å². The van der Waals surface area contributed by atoms with Gasteiger partial charge in [-0.3, -0.25) is 0 Å². The van der Waals surface area contributed by atoms with E-state index in [1.807, 2.05) is 6.07 Å². The number of aromatic nitrogens is 2. The molecule has 3 unspecified atom stereocenters. The molecule has 2 bridgehead atoms. The van der Waals surface area contributed by atoms with Crippen molar-refractivity contribution in [1.82, 2.24) is 9.97 Å². The van der Waals surface area contributed by atoms with Crippen LogP contribution in [-0.4, -0.2) is 9.97 Å². The third-order valence-corrected chi connectivity index (χ3v) is 4.74. The van der Waals surface area contributed by atoms with Crippen LogP contribution < -0.4 is 0 Å². The molecule has 2 aliphatic rings. The molecule has 2 saturated carbocycles. The van der Waals surface area contributed by atoms with E-state index in [9.17, 15) is 0 Å². The van der Waals surface area contributed by atoms with Gasteiger partial charge in [0.1, 0.15) is 11.0 Å². The molecule has 0 N–H and O–H groups in total. The number of halogens is 1. The lowest BCUT2D eigenvalue weighted by atomic mass is 9.87. The van der Waals surface area contributed by atoms with Gasteiger partial charge < -0.3 is 0 Å². The molecule has 0 saturated heterocycles. The Bertz CT molecular complexity index is 464. The minimum absolute atomic E-state index is 0.0406. The fourth-order valence-corrected chi connectivity index (χ4v) is 3.74. The Morgan fingerprint density at radius 2 is 1.94 bits per heavy atom. The Kier molecular flexibility index (Phi) is 2.89. The second-order valence-electron chi connectivity index (χ2n) is 6.97. The first-order valence-corrected chi connectivity index (χ1v) is 7.36. The lowest BCUT2D eigenvalue weighted by molar-refractivity contribution is 0.402. The Morgan fingerprint density at radius 1 is 1.17 bits per heavy atom. The fraction of sp³-hybridized carbons (Fsp3) is 0.733. The van der Waals surface area contributed by atoms with Crippen molar-refractivity contribution < 1.29 is 0 Å². The van der Waals surface area contributed by atoms with Gasteiger partial charge in [0.25, 0.3) is 0 Å². The van der Waals surface area contributed by atoms with Crippen LogP contribution in [0.4, 0.5) is 0 Å². The van der Waals surface area contributed by atoms with E-state index in [2.05, 4.69) is 25.8 Å². The molecule has 3 heteroatoms. The molecule has 3 atom stereocenters. The quantitative estimate of drug-likeness (QED) is 0.706. The zero-order chi connectivity index (χ0) is 12.9. The largest absolute Gasteiger partial charge is 0.237 e. The Morgan fingerprint density at radius 3 is 2.50 bits per heavy atom. The summed E-state index contributed by atoms with van der Waals surface area (Å²) in [6.07, 6.45) is 5.42. The smallest absolute Gasteiger partial charge is 0.133 e. The Balaban J connectivity index is 1.95. The van der Waals surface area contributed by atoms with Crippen LogP contribution in [0.25, 0.3) is 0 Å². The average Bonchev–Trinajstić information content (AvgIpc) is 2.88. The normalized spacial score (nSPS) is 31.0. The Hall–Kier alpha value is -0.630. The molecule has 0 spiro atoms. The van der Waals surface area contributed by atoms with Crippen molar-refractivity contribution in [2.45, 2.75) is 57.8 Å². The SMILES string of the molecule is CC(C)(C)c1cc(Cl)nc(C2CC3CCC2C3)n1. The second kappa shape index (κ2) is 4.19. The average molecular weight is 265 g/mol. The van der Waals surface area contributed by atoms with E-state index in [0.717, 1.165) is 23.4 Å². The highest BCUT2D eigenvalue weighted by Crippen LogP contribution is 2.52. The molecular weight excluding hydrogens is 244 g/mol. The van der Waals surface area contributed by atoms with Crippen molar-refractivity contribution in [2.24, 2.45) is 11.8 Å². The van der Waals surface area contributed by atoms with Crippen molar-refractivity contribution in [3.05, 3.63) is 22.7 Å². The number of hydrogen-bond acceptors (Lipinski definition) is 2. The van der Waals surface area contributed by atoms with Crippen LogP contribution in [0.1, 0.15) is 63.9 Å². The minimum atomic E-state index is 0.0406. The maximum absolute atomic E-state index is 6.19. The number of rotatable bonds is 1. The topological polar surface area (TPSA) is 25.8 Å². The van der Waals surface area contributed by atoms with Gasteiger partial charge >= 0.3 is 0 Å². The van der Waals surface area contributed by atoms with Crippen molar-refractivity contribution in [3.63, 3.8) is 0 Å². The van der Waals surface area contributed by atoms with E-state index in [1.54, 1.807) is 0 Å². The predicted octanol–water partition coefficient (Wildman–Crippen LogP) is 4.33. The van der Waals surface area contributed by atoms with E-state index in [1.165, 1.54) is 25.7 Å². The van der Waals surface area contributed by atoms with Gasteiger partial charge in [0, 0.05) is 11.3 Å². The van der Waals surface area contributed by atoms with Gasteiger partial charge in [-0.1, -0.05) is 38.8 Å². The van der Waals surface area contributed by atoms with Crippen LogP contribution in [0.5, 0.6) is 0 Å². The van der Waals surface area contributed by atoms with Crippen molar-refractivity contribution in [2.75, 3.05) is 0 Å². The Labute approximate surface area is 114 Å². The summed E-state index contributed by atoms with van der Waals surface area (Å²) in [5.41, 5.74) is 1.11. The van der Waals surface area contributed by atoms with Crippen LogP contribution in [0.15, 0.2) is 6.07 Å². The fourth-order valence-electron chi connectivity index (χ4n) is 3.55. The van der Waals surface area contributed by atoms with Crippen molar-refractivity contribution in [1.29, 1.82) is 0 Å². The monoisotopic (exact) mass is 264 g/mol. The first-order valence-electron chi connectivity index (χ1n) is 6.98.